The zero-order chi connectivity index (χ0) is 13.7. The van der Waals surface area contributed by atoms with Crippen LogP contribution in [0.1, 0.15) is 58.8 Å². The highest BCUT2D eigenvalue weighted by Crippen LogP contribution is 2.21. The van der Waals surface area contributed by atoms with Crippen LogP contribution in [0.15, 0.2) is 0 Å². The number of carbonyl (C=O) groups excluding carboxylic acids is 1. The standard InChI is InChI=1S/C15H28N2O2/c1-3-7-13-15(18)17(14(16-13)8-4-2)11-12-9-5-6-10-19-12/h12-14,16H,3-11H2,1-2H3. The molecular weight excluding hydrogens is 240 g/mol. The van der Waals surface area contributed by atoms with Crippen molar-refractivity contribution in [1.82, 2.24) is 10.2 Å². The van der Waals surface area contributed by atoms with Gasteiger partial charge in [-0.15, -0.1) is 0 Å². The smallest absolute Gasteiger partial charge is 0.241 e. The van der Waals surface area contributed by atoms with E-state index in [1.54, 1.807) is 0 Å². The number of hydrogen-bond donors (Lipinski definition) is 1. The third-order valence-electron chi connectivity index (χ3n) is 4.16. The van der Waals surface area contributed by atoms with E-state index < -0.39 is 0 Å². The van der Waals surface area contributed by atoms with Crippen molar-refractivity contribution in [3.05, 3.63) is 0 Å². The van der Waals surface area contributed by atoms with E-state index in [0.29, 0.717) is 0 Å². The van der Waals surface area contributed by atoms with Crippen molar-refractivity contribution in [3.63, 3.8) is 0 Å². The van der Waals surface area contributed by atoms with E-state index in [1.165, 1.54) is 12.8 Å². The SMILES string of the molecule is CCCC1NC(CCC)N(CC2CCCCO2)C1=O. The molecule has 2 rings (SSSR count). The van der Waals surface area contributed by atoms with Gasteiger partial charge in [-0.2, -0.15) is 0 Å². The van der Waals surface area contributed by atoms with Crippen molar-refractivity contribution in [2.45, 2.75) is 77.1 Å². The maximum atomic E-state index is 12.5. The van der Waals surface area contributed by atoms with Gasteiger partial charge in [0, 0.05) is 13.2 Å². The van der Waals surface area contributed by atoms with Crippen molar-refractivity contribution < 1.29 is 9.53 Å². The first-order valence-corrected chi connectivity index (χ1v) is 7.94. The number of rotatable bonds is 6. The molecule has 4 nitrogen and oxygen atoms in total. The predicted octanol–water partition coefficient (Wildman–Crippen LogP) is 2.28. The maximum absolute atomic E-state index is 12.5. The van der Waals surface area contributed by atoms with Gasteiger partial charge in [0.15, 0.2) is 0 Å². The summed E-state index contributed by atoms with van der Waals surface area (Å²) >= 11 is 0. The summed E-state index contributed by atoms with van der Waals surface area (Å²) in [5.74, 6) is 0.287. The van der Waals surface area contributed by atoms with Crippen LogP contribution in [-0.2, 0) is 9.53 Å². The molecule has 0 saturated carbocycles. The molecule has 2 heterocycles. The average molecular weight is 268 g/mol. The molecule has 2 aliphatic rings. The van der Waals surface area contributed by atoms with Gasteiger partial charge in [0.2, 0.25) is 5.91 Å². The van der Waals surface area contributed by atoms with E-state index in [1.807, 2.05) is 4.90 Å². The Morgan fingerprint density at radius 3 is 2.68 bits per heavy atom. The highest BCUT2D eigenvalue weighted by molar-refractivity contribution is 5.84. The lowest BCUT2D eigenvalue weighted by Crippen LogP contribution is -2.43. The second-order valence-corrected chi connectivity index (χ2v) is 5.79. The molecule has 1 amide bonds. The molecule has 1 N–H and O–H groups in total. The second-order valence-electron chi connectivity index (χ2n) is 5.79. The molecule has 3 unspecified atom stereocenters. The predicted molar refractivity (Wildman–Crippen MR) is 75.8 cm³/mol. The summed E-state index contributed by atoms with van der Waals surface area (Å²) < 4.78 is 5.79. The molecule has 3 atom stereocenters. The minimum absolute atomic E-state index is 0.0325. The van der Waals surface area contributed by atoms with Crippen LogP contribution in [0.4, 0.5) is 0 Å². The molecule has 4 heteroatoms. The van der Waals surface area contributed by atoms with Crippen LogP contribution in [0.3, 0.4) is 0 Å². The molecule has 0 bridgehead atoms. The van der Waals surface area contributed by atoms with Crippen LogP contribution in [0, 0.1) is 0 Å². The van der Waals surface area contributed by atoms with Crippen LogP contribution < -0.4 is 5.32 Å². The fraction of sp³-hybridized carbons (Fsp3) is 0.933. The molecule has 0 aromatic rings. The minimum Gasteiger partial charge on any atom is -0.376 e. The highest BCUT2D eigenvalue weighted by Gasteiger charge is 2.38. The van der Waals surface area contributed by atoms with E-state index in [0.717, 1.165) is 45.3 Å². The van der Waals surface area contributed by atoms with Crippen molar-refractivity contribution >= 4 is 5.91 Å². The van der Waals surface area contributed by atoms with Crippen LogP contribution in [0.2, 0.25) is 0 Å². The van der Waals surface area contributed by atoms with Crippen molar-refractivity contribution in [2.24, 2.45) is 0 Å². The first-order chi connectivity index (χ1) is 9.26. The van der Waals surface area contributed by atoms with Crippen LogP contribution in [0.5, 0.6) is 0 Å². The quantitative estimate of drug-likeness (QED) is 0.803. The van der Waals surface area contributed by atoms with E-state index in [-0.39, 0.29) is 24.2 Å². The summed E-state index contributed by atoms with van der Waals surface area (Å²) in [5.41, 5.74) is 0. The first-order valence-electron chi connectivity index (χ1n) is 7.94. The maximum Gasteiger partial charge on any atom is 0.241 e. The second kappa shape index (κ2) is 7.25. The molecule has 2 saturated heterocycles. The number of carbonyl (C=O) groups is 1. The van der Waals surface area contributed by atoms with Gasteiger partial charge in [-0.25, -0.2) is 0 Å². The number of amides is 1. The third-order valence-corrected chi connectivity index (χ3v) is 4.16. The Morgan fingerprint density at radius 2 is 2.05 bits per heavy atom. The fourth-order valence-electron chi connectivity index (χ4n) is 3.14. The van der Waals surface area contributed by atoms with Gasteiger partial charge in [0.25, 0.3) is 0 Å². The number of ether oxygens (including phenoxy) is 1. The zero-order valence-electron chi connectivity index (χ0n) is 12.4. The fourth-order valence-corrected chi connectivity index (χ4v) is 3.14. The average Bonchev–Trinajstić information content (AvgIpc) is 2.70. The molecule has 0 aliphatic carbocycles. The Hall–Kier alpha value is -0.610. The number of nitrogens with zero attached hydrogens (tertiary/aromatic N) is 1. The number of hydrogen-bond acceptors (Lipinski definition) is 3. The van der Waals surface area contributed by atoms with E-state index in [4.69, 9.17) is 4.74 Å². The molecule has 2 fully saturated rings. The summed E-state index contributed by atoms with van der Waals surface area (Å²) in [6.07, 6.45) is 8.11. The molecule has 110 valence electrons. The topological polar surface area (TPSA) is 41.6 Å². The van der Waals surface area contributed by atoms with E-state index in [2.05, 4.69) is 19.2 Å². The Morgan fingerprint density at radius 1 is 1.26 bits per heavy atom. The van der Waals surface area contributed by atoms with Gasteiger partial charge in [-0.3, -0.25) is 10.1 Å². The largest absolute Gasteiger partial charge is 0.376 e. The molecule has 0 aromatic heterocycles. The molecule has 0 radical (unpaired) electrons. The first kappa shape index (κ1) is 14.8. The minimum atomic E-state index is 0.0325. The summed E-state index contributed by atoms with van der Waals surface area (Å²) in [6, 6.07) is 0.0325. The summed E-state index contributed by atoms with van der Waals surface area (Å²) in [5, 5.41) is 3.50. The van der Waals surface area contributed by atoms with Gasteiger partial charge in [0.05, 0.1) is 18.3 Å². The van der Waals surface area contributed by atoms with Crippen LogP contribution in [0.25, 0.3) is 0 Å². The van der Waals surface area contributed by atoms with E-state index >= 15 is 0 Å². The van der Waals surface area contributed by atoms with Gasteiger partial charge >= 0.3 is 0 Å². The molecule has 19 heavy (non-hydrogen) atoms. The Kier molecular flexibility index (Phi) is 5.64. The number of nitrogens with one attached hydrogen (secondary N) is 1. The molecular formula is C15H28N2O2. The molecule has 0 aromatic carbocycles. The lowest BCUT2D eigenvalue weighted by Gasteiger charge is -2.30. The van der Waals surface area contributed by atoms with Gasteiger partial charge in [0.1, 0.15) is 0 Å². The highest BCUT2D eigenvalue weighted by atomic mass is 16.5. The third kappa shape index (κ3) is 3.69. The normalized spacial score (nSPS) is 32.0. The molecule has 2 aliphatic heterocycles. The summed E-state index contributed by atoms with van der Waals surface area (Å²) in [6.45, 7) is 5.94. The lowest BCUT2D eigenvalue weighted by atomic mass is 10.1. The van der Waals surface area contributed by atoms with E-state index in [9.17, 15) is 4.79 Å². The van der Waals surface area contributed by atoms with Crippen LogP contribution in [-0.4, -0.2) is 42.3 Å². The lowest BCUT2D eigenvalue weighted by molar-refractivity contribution is -0.132. The summed E-state index contributed by atoms with van der Waals surface area (Å²) in [7, 11) is 0. The van der Waals surface area contributed by atoms with Gasteiger partial charge < -0.3 is 9.64 Å². The van der Waals surface area contributed by atoms with Crippen molar-refractivity contribution in [3.8, 4) is 0 Å². The summed E-state index contributed by atoms with van der Waals surface area (Å²) in [4.78, 5) is 14.5. The molecule has 0 spiro atoms. The van der Waals surface area contributed by atoms with Crippen LogP contribution >= 0.6 is 0 Å². The Labute approximate surface area is 116 Å². The van der Waals surface area contributed by atoms with Crippen molar-refractivity contribution in [1.29, 1.82) is 0 Å². The zero-order valence-corrected chi connectivity index (χ0v) is 12.4. The van der Waals surface area contributed by atoms with Gasteiger partial charge in [-0.05, 0) is 32.1 Å². The monoisotopic (exact) mass is 268 g/mol. The van der Waals surface area contributed by atoms with Gasteiger partial charge in [-0.1, -0.05) is 26.7 Å². The van der Waals surface area contributed by atoms with Crippen molar-refractivity contribution in [2.75, 3.05) is 13.2 Å². The Balaban J connectivity index is 1.95. The Bertz CT molecular complexity index is 290.